The number of nitriles is 1. The lowest BCUT2D eigenvalue weighted by molar-refractivity contribution is -0.120. The van der Waals surface area contributed by atoms with Crippen LogP contribution in [-0.2, 0) is 4.79 Å². The summed E-state index contributed by atoms with van der Waals surface area (Å²) in [5, 5.41) is 13.1. The van der Waals surface area contributed by atoms with E-state index < -0.39 is 0 Å². The molecule has 1 aromatic rings. The van der Waals surface area contributed by atoms with Gasteiger partial charge in [0, 0.05) is 12.3 Å². The van der Waals surface area contributed by atoms with Gasteiger partial charge in [-0.1, -0.05) is 19.4 Å². The third-order valence-corrected chi connectivity index (χ3v) is 5.00. The number of rotatable bonds is 5. The van der Waals surface area contributed by atoms with Crippen molar-refractivity contribution in [3.8, 4) is 17.6 Å². The van der Waals surface area contributed by atoms with Crippen molar-refractivity contribution < 1.29 is 14.3 Å². The van der Waals surface area contributed by atoms with E-state index in [0.717, 1.165) is 24.2 Å². The molecule has 5 nitrogen and oxygen atoms in total. The number of thioether (sulfide) groups is 1. The smallest absolute Gasteiger partial charge is 0.231 e. The van der Waals surface area contributed by atoms with Gasteiger partial charge in [-0.05, 0) is 29.9 Å². The minimum absolute atomic E-state index is 0.0503. The number of ether oxygens (including phenoxy) is 2. The molecule has 0 saturated carbocycles. The van der Waals surface area contributed by atoms with Crippen molar-refractivity contribution in [3.63, 3.8) is 0 Å². The first kappa shape index (κ1) is 15.8. The van der Waals surface area contributed by atoms with Crippen LogP contribution in [0.15, 0.2) is 28.8 Å². The van der Waals surface area contributed by atoms with Crippen LogP contribution >= 0.6 is 11.8 Å². The first-order valence-electron chi connectivity index (χ1n) is 7.69. The van der Waals surface area contributed by atoms with Crippen LogP contribution in [0.5, 0.6) is 11.5 Å². The first-order chi connectivity index (χ1) is 11.2. The maximum absolute atomic E-state index is 12.1. The van der Waals surface area contributed by atoms with E-state index in [0.29, 0.717) is 22.1 Å². The van der Waals surface area contributed by atoms with Gasteiger partial charge in [0.1, 0.15) is 0 Å². The molecule has 0 aliphatic carbocycles. The molecule has 0 aromatic heterocycles. The van der Waals surface area contributed by atoms with E-state index in [4.69, 9.17) is 9.47 Å². The summed E-state index contributed by atoms with van der Waals surface area (Å²) < 4.78 is 10.7. The molecule has 0 fully saturated rings. The second-order valence-electron chi connectivity index (χ2n) is 5.47. The Kier molecular flexibility index (Phi) is 4.77. The third kappa shape index (κ3) is 3.30. The van der Waals surface area contributed by atoms with Crippen LogP contribution in [-0.4, -0.2) is 18.5 Å². The monoisotopic (exact) mass is 330 g/mol. The molecule has 1 atom stereocenters. The maximum atomic E-state index is 12.1. The van der Waals surface area contributed by atoms with Gasteiger partial charge in [0.25, 0.3) is 0 Å². The van der Waals surface area contributed by atoms with Crippen LogP contribution in [0.4, 0.5) is 0 Å². The fraction of sp³-hybridized carbons (Fsp3) is 0.412. The van der Waals surface area contributed by atoms with Crippen molar-refractivity contribution in [1.29, 1.82) is 5.26 Å². The van der Waals surface area contributed by atoms with Crippen molar-refractivity contribution in [3.05, 3.63) is 34.4 Å². The number of fused-ring (bicyclic) bond motifs is 1. The van der Waals surface area contributed by atoms with E-state index in [9.17, 15) is 10.1 Å². The van der Waals surface area contributed by atoms with Crippen LogP contribution < -0.4 is 14.8 Å². The highest BCUT2D eigenvalue weighted by molar-refractivity contribution is 8.03. The highest BCUT2D eigenvalue weighted by Crippen LogP contribution is 2.40. The standard InChI is InChI=1S/C17H18N2O3S/c1-2-3-6-23-17-13(9-18)12(8-16(20)19-17)11-4-5-14-15(7-11)22-10-21-14/h4-5,7,12H,2-3,6,8,10H2,1H3,(H,19,20)/t12-/m1/s1. The molecule has 2 heterocycles. The van der Waals surface area contributed by atoms with E-state index in [2.05, 4.69) is 18.3 Å². The minimum atomic E-state index is -0.229. The zero-order valence-electron chi connectivity index (χ0n) is 12.9. The lowest BCUT2D eigenvalue weighted by atomic mass is 9.87. The summed E-state index contributed by atoms with van der Waals surface area (Å²) in [5.74, 6) is 1.99. The number of hydrogen-bond donors (Lipinski definition) is 1. The maximum Gasteiger partial charge on any atom is 0.231 e. The minimum Gasteiger partial charge on any atom is -0.454 e. The molecule has 120 valence electrons. The van der Waals surface area contributed by atoms with Crippen molar-refractivity contribution in [2.45, 2.75) is 32.1 Å². The molecule has 2 aliphatic heterocycles. The summed E-state index contributed by atoms with van der Waals surface area (Å²) in [6, 6.07) is 7.90. The third-order valence-electron chi connectivity index (χ3n) is 3.90. The molecular weight excluding hydrogens is 312 g/mol. The summed E-state index contributed by atoms with van der Waals surface area (Å²) in [7, 11) is 0. The normalized spacial score (nSPS) is 19.5. The average molecular weight is 330 g/mol. The van der Waals surface area contributed by atoms with Gasteiger partial charge in [-0.3, -0.25) is 4.79 Å². The van der Waals surface area contributed by atoms with Gasteiger partial charge in [0.15, 0.2) is 11.5 Å². The van der Waals surface area contributed by atoms with Crippen molar-refractivity contribution in [2.75, 3.05) is 12.5 Å². The van der Waals surface area contributed by atoms with Crippen LogP contribution in [0, 0.1) is 11.3 Å². The molecule has 0 unspecified atom stereocenters. The summed E-state index contributed by atoms with van der Waals surface area (Å²) >= 11 is 1.55. The molecule has 1 amide bonds. The van der Waals surface area contributed by atoms with E-state index in [1.807, 2.05) is 18.2 Å². The number of carbonyl (C=O) groups is 1. The van der Waals surface area contributed by atoms with Crippen molar-refractivity contribution >= 4 is 17.7 Å². The predicted octanol–water partition coefficient (Wildman–Crippen LogP) is 3.29. The molecule has 1 aromatic carbocycles. The number of nitrogens with zero attached hydrogens (tertiary/aromatic N) is 1. The Hall–Kier alpha value is -2.13. The second-order valence-corrected chi connectivity index (χ2v) is 6.58. The predicted molar refractivity (Wildman–Crippen MR) is 88.1 cm³/mol. The SMILES string of the molecule is CCCCSC1=C(C#N)[C@@H](c2ccc3c(c2)OCO3)CC(=O)N1. The number of unbranched alkanes of at least 4 members (excludes halogenated alkanes) is 1. The zero-order chi connectivity index (χ0) is 16.2. The van der Waals surface area contributed by atoms with Gasteiger partial charge < -0.3 is 14.8 Å². The van der Waals surface area contributed by atoms with Gasteiger partial charge in [-0.15, -0.1) is 11.8 Å². The Labute approximate surface area is 139 Å². The Morgan fingerprint density at radius 1 is 1.39 bits per heavy atom. The zero-order valence-corrected chi connectivity index (χ0v) is 13.7. The van der Waals surface area contributed by atoms with Crippen molar-refractivity contribution in [1.82, 2.24) is 5.32 Å². The molecule has 6 heteroatoms. The Bertz CT molecular complexity index is 694. The lowest BCUT2D eigenvalue weighted by Crippen LogP contribution is -2.30. The fourth-order valence-corrected chi connectivity index (χ4v) is 3.83. The van der Waals surface area contributed by atoms with E-state index in [1.165, 1.54) is 0 Å². The van der Waals surface area contributed by atoms with Gasteiger partial charge in [0.2, 0.25) is 12.7 Å². The van der Waals surface area contributed by atoms with E-state index >= 15 is 0 Å². The molecule has 0 radical (unpaired) electrons. The number of benzene rings is 1. The molecule has 0 bridgehead atoms. The van der Waals surface area contributed by atoms with Gasteiger partial charge >= 0.3 is 0 Å². The topological polar surface area (TPSA) is 71.3 Å². The number of allylic oxidation sites excluding steroid dienone is 1. The highest BCUT2D eigenvalue weighted by atomic mass is 32.2. The lowest BCUT2D eigenvalue weighted by Gasteiger charge is -2.25. The van der Waals surface area contributed by atoms with Crippen LogP contribution in [0.25, 0.3) is 0 Å². The fourth-order valence-electron chi connectivity index (χ4n) is 2.67. The van der Waals surface area contributed by atoms with Crippen LogP contribution in [0.2, 0.25) is 0 Å². The first-order valence-corrected chi connectivity index (χ1v) is 8.68. The Morgan fingerprint density at radius 3 is 3.00 bits per heavy atom. The number of amides is 1. The van der Waals surface area contributed by atoms with E-state index in [1.54, 1.807) is 11.8 Å². The van der Waals surface area contributed by atoms with Crippen LogP contribution in [0.1, 0.15) is 37.7 Å². The second kappa shape index (κ2) is 6.97. The molecule has 3 rings (SSSR count). The summed E-state index contributed by atoms with van der Waals surface area (Å²) in [5.41, 5.74) is 1.54. The average Bonchev–Trinajstić information content (AvgIpc) is 3.02. The largest absolute Gasteiger partial charge is 0.454 e. The Balaban J connectivity index is 1.91. The van der Waals surface area contributed by atoms with Gasteiger partial charge in [-0.2, -0.15) is 5.26 Å². The van der Waals surface area contributed by atoms with Crippen molar-refractivity contribution in [2.24, 2.45) is 0 Å². The van der Waals surface area contributed by atoms with Gasteiger partial charge in [0.05, 0.1) is 16.7 Å². The van der Waals surface area contributed by atoms with Gasteiger partial charge in [-0.25, -0.2) is 0 Å². The summed E-state index contributed by atoms with van der Waals surface area (Å²) in [6.45, 7) is 2.33. The number of nitrogens with one attached hydrogen (secondary N) is 1. The molecular formula is C17H18N2O3S. The number of carbonyl (C=O) groups excluding carboxylic acids is 1. The summed E-state index contributed by atoms with van der Waals surface area (Å²) in [4.78, 5) is 12.1. The quantitative estimate of drug-likeness (QED) is 0.839. The number of hydrogen-bond acceptors (Lipinski definition) is 5. The molecule has 0 spiro atoms. The van der Waals surface area contributed by atoms with Crippen LogP contribution in [0.3, 0.4) is 0 Å². The molecule has 0 saturated heterocycles. The highest BCUT2D eigenvalue weighted by Gasteiger charge is 2.30. The summed E-state index contributed by atoms with van der Waals surface area (Å²) in [6.07, 6.45) is 2.42. The molecule has 1 N–H and O–H groups in total. The molecule has 2 aliphatic rings. The Morgan fingerprint density at radius 2 is 2.22 bits per heavy atom. The molecule has 23 heavy (non-hydrogen) atoms. The van der Waals surface area contributed by atoms with E-state index in [-0.39, 0.29) is 25.0 Å².